The van der Waals surface area contributed by atoms with E-state index in [1.54, 1.807) is 72.8 Å². The van der Waals surface area contributed by atoms with Gasteiger partial charge in [0.2, 0.25) is 17.6 Å². The standard InChI is InChI=1S/C34H25Cl3N2O5/c35-17-16-29(31(40)20-8-12-21(36)13-9-20)44-34(43)26-18-28(38-30-23(26)6-3-7-27(30)37)19-10-14-22(15-11-19)39-32(41)24-4-1-2-5-25(24)33(39)42/h1-3,6-15,18,24-25,29H,4-5,16-17H2. The maximum atomic E-state index is 13.7. The van der Waals surface area contributed by atoms with Gasteiger partial charge in [0, 0.05) is 33.8 Å². The summed E-state index contributed by atoms with van der Waals surface area (Å²) in [4.78, 5) is 59.0. The van der Waals surface area contributed by atoms with E-state index in [0.717, 1.165) is 0 Å². The molecule has 3 aromatic carbocycles. The second kappa shape index (κ2) is 12.5. The fourth-order valence-electron chi connectivity index (χ4n) is 5.70. The molecule has 44 heavy (non-hydrogen) atoms. The van der Waals surface area contributed by atoms with E-state index >= 15 is 0 Å². The molecule has 1 aromatic heterocycles. The van der Waals surface area contributed by atoms with Gasteiger partial charge in [0.25, 0.3) is 0 Å². The molecule has 2 amide bonds. The van der Waals surface area contributed by atoms with E-state index < -0.39 is 17.9 Å². The summed E-state index contributed by atoms with van der Waals surface area (Å²) in [5.41, 5.74) is 2.40. The number of alkyl halides is 1. The Morgan fingerprint density at radius 2 is 1.57 bits per heavy atom. The number of imide groups is 1. The van der Waals surface area contributed by atoms with Crippen LogP contribution in [0.5, 0.6) is 0 Å². The first kappa shape index (κ1) is 30.0. The van der Waals surface area contributed by atoms with E-state index in [0.29, 0.717) is 56.3 Å². The molecule has 4 aromatic rings. The molecule has 222 valence electrons. The fourth-order valence-corrected chi connectivity index (χ4v) is 6.24. The number of hydrogen-bond donors (Lipinski definition) is 0. The number of para-hydroxylation sites is 1. The molecule has 6 rings (SSSR count). The number of Topliss-reactive ketones (excluding diaryl/α,β-unsaturated/α-hetero) is 1. The molecule has 0 N–H and O–H groups in total. The van der Waals surface area contributed by atoms with Gasteiger partial charge in [-0.3, -0.25) is 19.3 Å². The van der Waals surface area contributed by atoms with Gasteiger partial charge in [-0.05, 0) is 61.4 Å². The number of ketones is 1. The number of allylic oxidation sites excluding steroid dienone is 2. The van der Waals surface area contributed by atoms with Crippen molar-refractivity contribution in [3.8, 4) is 11.3 Å². The summed E-state index contributed by atoms with van der Waals surface area (Å²) >= 11 is 18.5. The Bertz CT molecular complexity index is 1800. The number of fused-ring (bicyclic) bond motifs is 2. The van der Waals surface area contributed by atoms with Crippen LogP contribution in [0.15, 0.2) is 84.9 Å². The number of benzene rings is 3. The molecule has 3 unspecified atom stereocenters. The maximum absolute atomic E-state index is 13.7. The van der Waals surface area contributed by atoms with Crippen molar-refractivity contribution in [2.75, 3.05) is 10.8 Å². The molecule has 0 radical (unpaired) electrons. The van der Waals surface area contributed by atoms with E-state index in [1.165, 1.54) is 4.90 Å². The highest BCUT2D eigenvalue weighted by Crippen LogP contribution is 2.38. The van der Waals surface area contributed by atoms with Crippen LogP contribution in [0, 0.1) is 11.8 Å². The predicted octanol–water partition coefficient (Wildman–Crippen LogP) is 7.70. The Labute approximate surface area is 268 Å². The molecule has 3 atom stereocenters. The third-order valence-corrected chi connectivity index (χ3v) is 8.76. The molecule has 2 aliphatic rings. The van der Waals surface area contributed by atoms with Crippen LogP contribution < -0.4 is 4.90 Å². The van der Waals surface area contributed by atoms with E-state index in [9.17, 15) is 19.2 Å². The minimum Gasteiger partial charge on any atom is -0.450 e. The first-order chi connectivity index (χ1) is 21.3. The van der Waals surface area contributed by atoms with Crippen LogP contribution in [0.2, 0.25) is 10.0 Å². The van der Waals surface area contributed by atoms with Crippen LogP contribution in [0.25, 0.3) is 22.2 Å². The quantitative estimate of drug-likeness (QED) is 0.0640. The molecule has 1 aliphatic carbocycles. The number of ether oxygens (including phenoxy) is 1. The van der Waals surface area contributed by atoms with Gasteiger partial charge in [-0.25, -0.2) is 9.78 Å². The molecule has 0 bridgehead atoms. The summed E-state index contributed by atoms with van der Waals surface area (Å²) in [7, 11) is 0. The summed E-state index contributed by atoms with van der Waals surface area (Å²) in [6.07, 6.45) is 4.00. The molecule has 7 nitrogen and oxygen atoms in total. The average Bonchev–Trinajstić information content (AvgIpc) is 3.30. The number of halogens is 3. The largest absolute Gasteiger partial charge is 0.450 e. The van der Waals surface area contributed by atoms with Gasteiger partial charge in [-0.15, -0.1) is 11.6 Å². The Hall–Kier alpha value is -4.04. The van der Waals surface area contributed by atoms with Crippen molar-refractivity contribution in [3.63, 3.8) is 0 Å². The number of anilines is 1. The zero-order valence-electron chi connectivity index (χ0n) is 23.2. The normalized spacial score (nSPS) is 18.4. The van der Waals surface area contributed by atoms with Gasteiger partial charge in [-0.1, -0.05) is 59.6 Å². The summed E-state index contributed by atoms with van der Waals surface area (Å²) in [6, 6.07) is 19.8. The van der Waals surface area contributed by atoms with Crippen LogP contribution in [0.4, 0.5) is 5.69 Å². The summed E-state index contributed by atoms with van der Waals surface area (Å²) in [6.45, 7) is 0. The molecular weight excluding hydrogens is 623 g/mol. The van der Waals surface area contributed by atoms with Crippen molar-refractivity contribution < 1.29 is 23.9 Å². The smallest absolute Gasteiger partial charge is 0.339 e. The molecule has 2 heterocycles. The molecule has 1 saturated heterocycles. The number of carbonyl (C=O) groups is 4. The second-order valence-electron chi connectivity index (χ2n) is 10.6. The Morgan fingerprint density at radius 1 is 0.909 bits per heavy atom. The van der Waals surface area contributed by atoms with E-state index in [1.807, 2.05) is 12.2 Å². The van der Waals surface area contributed by atoms with Crippen LogP contribution in [0.1, 0.15) is 40.0 Å². The molecule has 10 heteroatoms. The number of aromatic nitrogens is 1. The number of pyridine rings is 1. The first-order valence-electron chi connectivity index (χ1n) is 14.1. The number of amides is 2. The molecule has 0 saturated carbocycles. The Balaban J connectivity index is 1.32. The topological polar surface area (TPSA) is 93.6 Å². The Morgan fingerprint density at radius 3 is 2.20 bits per heavy atom. The zero-order valence-corrected chi connectivity index (χ0v) is 25.5. The highest BCUT2D eigenvalue weighted by atomic mass is 35.5. The number of esters is 1. The first-order valence-corrected chi connectivity index (χ1v) is 15.3. The third-order valence-electron chi connectivity index (χ3n) is 7.98. The molecular formula is C34H25Cl3N2O5. The van der Waals surface area contributed by atoms with E-state index in [-0.39, 0.29) is 41.5 Å². The summed E-state index contributed by atoms with van der Waals surface area (Å²) in [5, 5.41) is 1.26. The van der Waals surface area contributed by atoms with Gasteiger partial charge in [0.1, 0.15) is 0 Å². The summed E-state index contributed by atoms with van der Waals surface area (Å²) in [5.74, 6) is -2.10. The van der Waals surface area contributed by atoms with E-state index in [4.69, 9.17) is 44.5 Å². The molecule has 1 fully saturated rings. The second-order valence-corrected chi connectivity index (χ2v) is 11.9. The van der Waals surface area contributed by atoms with Crippen molar-refractivity contribution in [1.29, 1.82) is 0 Å². The highest BCUT2D eigenvalue weighted by molar-refractivity contribution is 6.35. The average molecular weight is 648 g/mol. The lowest BCUT2D eigenvalue weighted by Crippen LogP contribution is -2.30. The van der Waals surface area contributed by atoms with Gasteiger partial charge >= 0.3 is 5.97 Å². The number of carbonyl (C=O) groups excluding carboxylic acids is 4. The van der Waals surface area contributed by atoms with Crippen LogP contribution in [-0.4, -0.2) is 40.5 Å². The number of nitrogens with zero attached hydrogens (tertiary/aromatic N) is 2. The van der Waals surface area contributed by atoms with Crippen molar-refractivity contribution >= 4 is 75.0 Å². The van der Waals surface area contributed by atoms with Crippen molar-refractivity contribution in [2.24, 2.45) is 11.8 Å². The highest BCUT2D eigenvalue weighted by Gasteiger charge is 2.47. The minimum absolute atomic E-state index is 0.0951. The van der Waals surface area contributed by atoms with Crippen molar-refractivity contribution in [1.82, 2.24) is 4.98 Å². The van der Waals surface area contributed by atoms with Crippen LogP contribution in [-0.2, 0) is 14.3 Å². The lowest BCUT2D eigenvalue weighted by Gasteiger charge is -2.18. The SMILES string of the molecule is O=C(OC(CCCl)C(=O)c1ccc(Cl)cc1)c1cc(-c2ccc(N3C(=O)C4CC=CCC4C3=O)cc2)nc2c(Cl)cccc12. The van der Waals surface area contributed by atoms with Gasteiger partial charge < -0.3 is 4.74 Å². The Kier molecular flexibility index (Phi) is 8.54. The fraction of sp³-hybridized carbons (Fsp3) is 0.206. The maximum Gasteiger partial charge on any atom is 0.339 e. The van der Waals surface area contributed by atoms with Crippen LogP contribution in [0.3, 0.4) is 0 Å². The molecule has 0 spiro atoms. The zero-order chi connectivity index (χ0) is 31.0. The van der Waals surface area contributed by atoms with Gasteiger partial charge in [-0.2, -0.15) is 0 Å². The van der Waals surface area contributed by atoms with Gasteiger partial charge in [0.05, 0.1) is 39.3 Å². The van der Waals surface area contributed by atoms with Crippen molar-refractivity contribution in [2.45, 2.75) is 25.4 Å². The van der Waals surface area contributed by atoms with Gasteiger partial charge in [0.15, 0.2) is 6.10 Å². The molecule has 1 aliphatic heterocycles. The van der Waals surface area contributed by atoms with E-state index in [2.05, 4.69) is 0 Å². The summed E-state index contributed by atoms with van der Waals surface area (Å²) < 4.78 is 5.76. The third kappa shape index (κ3) is 5.63. The minimum atomic E-state index is -1.12. The van der Waals surface area contributed by atoms with Crippen LogP contribution >= 0.6 is 34.8 Å². The monoisotopic (exact) mass is 646 g/mol. The number of rotatable bonds is 8. The number of hydrogen-bond acceptors (Lipinski definition) is 6. The lowest BCUT2D eigenvalue weighted by molar-refractivity contribution is -0.122. The lowest BCUT2D eigenvalue weighted by atomic mass is 9.85. The predicted molar refractivity (Wildman–Crippen MR) is 170 cm³/mol. The van der Waals surface area contributed by atoms with Crippen molar-refractivity contribution in [3.05, 3.63) is 106 Å².